The fourth-order valence-corrected chi connectivity index (χ4v) is 3.69. The van der Waals surface area contributed by atoms with E-state index >= 15 is 0 Å². The first kappa shape index (κ1) is 20.9. The van der Waals surface area contributed by atoms with Crippen molar-refractivity contribution in [2.24, 2.45) is 0 Å². The highest BCUT2D eigenvalue weighted by Crippen LogP contribution is 2.35. The number of carbonyl (C=O) groups is 2. The van der Waals surface area contributed by atoms with Gasteiger partial charge < -0.3 is 19.5 Å². The topological polar surface area (TPSA) is 77.1 Å². The van der Waals surface area contributed by atoms with Gasteiger partial charge in [-0.3, -0.25) is 14.5 Å². The summed E-state index contributed by atoms with van der Waals surface area (Å²) in [7, 11) is 1.60. The van der Waals surface area contributed by atoms with E-state index in [1.807, 2.05) is 38.1 Å². The molecule has 2 aromatic rings. The van der Waals surface area contributed by atoms with Crippen LogP contribution in [0.2, 0.25) is 0 Å². The molecule has 7 heteroatoms. The lowest BCUT2D eigenvalue weighted by atomic mass is 9.99. The second-order valence-electron chi connectivity index (χ2n) is 7.64. The molecule has 0 aromatic heterocycles. The van der Waals surface area contributed by atoms with Gasteiger partial charge in [-0.15, -0.1) is 0 Å². The van der Waals surface area contributed by atoms with Crippen LogP contribution in [0, 0.1) is 13.8 Å². The second kappa shape index (κ2) is 8.81. The molecule has 2 aliphatic heterocycles. The van der Waals surface area contributed by atoms with Crippen LogP contribution in [0.25, 0.3) is 5.57 Å². The molecule has 0 unspecified atom stereocenters. The van der Waals surface area contributed by atoms with E-state index in [0.717, 1.165) is 16.7 Å². The Morgan fingerprint density at radius 1 is 0.968 bits per heavy atom. The first-order chi connectivity index (χ1) is 15.0. The quantitative estimate of drug-likeness (QED) is 0.545. The number of amides is 2. The molecule has 7 nitrogen and oxygen atoms in total. The van der Waals surface area contributed by atoms with Crippen LogP contribution >= 0.6 is 0 Å². The van der Waals surface area contributed by atoms with Gasteiger partial charge in [-0.1, -0.05) is 18.2 Å². The average Bonchev–Trinajstić information content (AvgIpc) is 3.00. The highest BCUT2D eigenvalue weighted by molar-refractivity contribution is 6.36. The van der Waals surface area contributed by atoms with Crippen LogP contribution in [0.15, 0.2) is 42.1 Å². The maximum absolute atomic E-state index is 13.3. The number of ether oxygens (including phenoxy) is 3. The number of nitrogens with one attached hydrogen (secondary N) is 1. The summed E-state index contributed by atoms with van der Waals surface area (Å²) in [6, 6.07) is 11.2. The molecule has 0 spiro atoms. The lowest BCUT2D eigenvalue weighted by molar-refractivity contribution is -0.136. The number of aryl methyl sites for hydroxylation is 2. The number of rotatable bonds is 7. The van der Waals surface area contributed by atoms with Gasteiger partial charge in [0.05, 0.1) is 5.57 Å². The van der Waals surface area contributed by atoms with E-state index in [-0.39, 0.29) is 17.5 Å². The average molecular weight is 422 g/mol. The van der Waals surface area contributed by atoms with Crippen molar-refractivity contribution in [3.05, 3.63) is 58.8 Å². The van der Waals surface area contributed by atoms with Gasteiger partial charge >= 0.3 is 0 Å². The zero-order valence-electron chi connectivity index (χ0n) is 18.0. The predicted molar refractivity (Wildman–Crippen MR) is 117 cm³/mol. The van der Waals surface area contributed by atoms with Crippen LogP contribution in [0.1, 0.15) is 23.1 Å². The molecule has 0 radical (unpaired) electrons. The van der Waals surface area contributed by atoms with E-state index in [0.29, 0.717) is 55.5 Å². The first-order valence-corrected chi connectivity index (χ1v) is 10.3. The zero-order valence-corrected chi connectivity index (χ0v) is 18.0. The molecule has 2 amide bonds. The number of hydrogen-bond acceptors (Lipinski definition) is 6. The van der Waals surface area contributed by atoms with Crippen molar-refractivity contribution in [1.29, 1.82) is 0 Å². The fraction of sp³-hybridized carbons (Fsp3) is 0.333. The number of methoxy groups -OCH3 is 1. The van der Waals surface area contributed by atoms with Crippen LogP contribution in [-0.2, 0) is 14.3 Å². The van der Waals surface area contributed by atoms with Crippen molar-refractivity contribution < 1.29 is 23.8 Å². The molecular weight excluding hydrogens is 396 g/mol. The van der Waals surface area contributed by atoms with E-state index in [9.17, 15) is 9.59 Å². The third kappa shape index (κ3) is 4.14. The molecule has 0 bridgehead atoms. The second-order valence-corrected chi connectivity index (χ2v) is 7.64. The van der Waals surface area contributed by atoms with Crippen LogP contribution in [0.4, 0.5) is 5.69 Å². The van der Waals surface area contributed by atoms with Gasteiger partial charge in [-0.25, -0.2) is 0 Å². The van der Waals surface area contributed by atoms with Gasteiger partial charge in [-0.2, -0.15) is 0 Å². The Morgan fingerprint density at radius 2 is 1.74 bits per heavy atom. The Bertz CT molecular complexity index is 1060. The maximum Gasteiger partial charge on any atom is 0.278 e. The minimum absolute atomic E-state index is 0.266. The van der Waals surface area contributed by atoms with E-state index in [1.54, 1.807) is 19.2 Å². The van der Waals surface area contributed by atoms with Crippen molar-refractivity contribution in [2.75, 3.05) is 38.8 Å². The predicted octanol–water partition coefficient (Wildman–Crippen LogP) is 3.30. The largest absolute Gasteiger partial charge is 0.486 e. The van der Waals surface area contributed by atoms with Crippen LogP contribution in [0.5, 0.6) is 11.5 Å². The molecule has 2 aliphatic rings. The van der Waals surface area contributed by atoms with Gasteiger partial charge in [0.25, 0.3) is 11.8 Å². The van der Waals surface area contributed by atoms with Gasteiger partial charge in [0.2, 0.25) is 0 Å². The highest BCUT2D eigenvalue weighted by Gasteiger charge is 2.39. The monoisotopic (exact) mass is 422 g/mol. The van der Waals surface area contributed by atoms with E-state index in [4.69, 9.17) is 14.2 Å². The molecule has 162 valence electrons. The lowest BCUT2D eigenvalue weighted by Gasteiger charge is -2.19. The van der Waals surface area contributed by atoms with Crippen molar-refractivity contribution in [3.8, 4) is 11.5 Å². The summed E-state index contributed by atoms with van der Waals surface area (Å²) in [5.74, 6) is 0.627. The summed E-state index contributed by atoms with van der Waals surface area (Å²) in [5, 5.41) is 3.17. The molecule has 0 atom stereocenters. The molecule has 0 aliphatic carbocycles. The first-order valence-electron chi connectivity index (χ1n) is 10.3. The Kier molecular flexibility index (Phi) is 5.95. The summed E-state index contributed by atoms with van der Waals surface area (Å²) < 4.78 is 16.3. The van der Waals surface area contributed by atoms with Gasteiger partial charge in [-0.05, 0) is 49.1 Å². The van der Waals surface area contributed by atoms with Gasteiger partial charge in [0.1, 0.15) is 18.9 Å². The SMILES string of the molecule is COCCCN1C(=O)C(Nc2ccc3c(c2)OCCO3)=C(c2ccc(C)c(C)c2)C1=O. The summed E-state index contributed by atoms with van der Waals surface area (Å²) in [4.78, 5) is 27.8. The van der Waals surface area contributed by atoms with E-state index in [1.165, 1.54) is 4.90 Å². The molecule has 0 saturated heterocycles. The number of anilines is 1. The number of fused-ring (bicyclic) bond motifs is 1. The van der Waals surface area contributed by atoms with Crippen molar-refractivity contribution in [2.45, 2.75) is 20.3 Å². The Hall–Kier alpha value is -3.32. The third-order valence-electron chi connectivity index (χ3n) is 5.51. The summed E-state index contributed by atoms with van der Waals surface area (Å²) in [6.07, 6.45) is 0.575. The van der Waals surface area contributed by atoms with Crippen LogP contribution < -0.4 is 14.8 Å². The Morgan fingerprint density at radius 3 is 2.48 bits per heavy atom. The highest BCUT2D eigenvalue weighted by atomic mass is 16.6. The fourth-order valence-electron chi connectivity index (χ4n) is 3.69. The number of hydrogen-bond donors (Lipinski definition) is 1. The minimum Gasteiger partial charge on any atom is -0.486 e. The van der Waals surface area contributed by atoms with Gasteiger partial charge in [0.15, 0.2) is 11.5 Å². The molecule has 2 aromatic carbocycles. The van der Waals surface area contributed by atoms with E-state index < -0.39 is 0 Å². The molecular formula is C24H26N2O5. The molecule has 1 N–H and O–H groups in total. The number of benzene rings is 2. The van der Waals surface area contributed by atoms with Crippen molar-refractivity contribution >= 4 is 23.1 Å². The zero-order chi connectivity index (χ0) is 22.0. The molecule has 0 fully saturated rings. The smallest absolute Gasteiger partial charge is 0.278 e. The summed E-state index contributed by atoms with van der Waals surface area (Å²) >= 11 is 0. The normalized spacial score (nSPS) is 15.6. The number of imide groups is 1. The number of carbonyl (C=O) groups excluding carboxylic acids is 2. The maximum atomic E-state index is 13.3. The standard InChI is InChI=1S/C24H26N2O5/c1-15-5-6-17(13-16(15)2)21-22(24(28)26(23(21)27)9-4-10-29-3)25-18-7-8-19-20(14-18)31-12-11-30-19/h5-8,13-14,25H,4,9-12H2,1-3H3. The molecule has 31 heavy (non-hydrogen) atoms. The Labute approximate surface area is 181 Å². The van der Waals surface area contributed by atoms with Crippen molar-refractivity contribution in [1.82, 2.24) is 4.90 Å². The third-order valence-corrected chi connectivity index (χ3v) is 5.51. The van der Waals surface area contributed by atoms with E-state index in [2.05, 4.69) is 5.32 Å². The summed E-state index contributed by atoms with van der Waals surface area (Å²) in [6.45, 7) is 5.75. The van der Waals surface area contributed by atoms with Crippen LogP contribution in [0.3, 0.4) is 0 Å². The van der Waals surface area contributed by atoms with Gasteiger partial charge in [0, 0.05) is 32.0 Å². The van der Waals surface area contributed by atoms with Crippen molar-refractivity contribution in [3.63, 3.8) is 0 Å². The Balaban J connectivity index is 1.71. The molecule has 2 heterocycles. The molecule has 0 saturated carbocycles. The minimum atomic E-state index is -0.343. The lowest BCUT2D eigenvalue weighted by Crippen LogP contribution is -2.33. The molecule has 4 rings (SSSR count). The number of nitrogens with zero attached hydrogens (tertiary/aromatic N) is 1. The van der Waals surface area contributed by atoms with Crippen LogP contribution in [-0.4, -0.2) is 50.2 Å². The summed E-state index contributed by atoms with van der Waals surface area (Å²) in [5.41, 5.74) is 4.19.